The molecule has 0 saturated carbocycles. The number of rotatable bonds is 10. The van der Waals surface area contributed by atoms with Gasteiger partial charge in [-0.1, -0.05) is 63.4 Å². The minimum atomic E-state index is -0.629. The molecule has 0 aliphatic carbocycles. The molecule has 2 atom stereocenters. The first-order valence-electron chi connectivity index (χ1n) is 9.14. The Morgan fingerprint density at radius 3 is 2.46 bits per heavy atom. The fourth-order valence-corrected chi connectivity index (χ4v) is 4.44. The van der Waals surface area contributed by atoms with E-state index in [9.17, 15) is 9.59 Å². The molecule has 0 radical (unpaired) electrons. The zero-order valence-corrected chi connectivity index (χ0v) is 17.1. The maximum absolute atomic E-state index is 12.7. The summed E-state index contributed by atoms with van der Waals surface area (Å²) in [5.41, 5.74) is 0.941. The standard InChI is InChI=1S/C19H27NO4S2/c1-3-5-11-23-17(21)13-14(19(22)24-12-6-4-2)18-20(25)15-9-7-8-10-16(15)26-18/h7-10,14,18,25H,3-6,11-13H2,1-2H3/t14?,18-/m0/s1. The average molecular weight is 398 g/mol. The second-order valence-electron chi connectivity index (χ2n) is 6.23. The van der Waals surface area contributed by atoms with Gasteiger partial charge < -0.3 is 13.8 Å². The number of nitrogens with zero attached hydrogens (tertiary/aromatic N) is 1. The van der Waals surface area contributed by atoms with Gasteiger partial charge in [-0.15, -0.1) is 0 Å². The summed E-state index contributed by atoms with van der Waals surface area (Å²) in [5, 5.41) is -0.302. The summed E-state index contributed by atoms with van der Waals surface area (Å²) in [6.07, 6.45) is 3.52. The predicted octanol–water partition coefficient (Wildman–Crippen LogP) is 4.46. The number of hydrogen-bond donors (Lipinski definition) is 1. The molecule has 26 heavy (non-hydrogen) atoms. The van der Waals surface area contributed by atoms with Crippen molar-refractivity contribution in [2.24, 2.45) is 5.92 Å². The number of benzene rings is 1. The zero-order chi connectivity index (χ0) is 18.9. The van der Waals surface area contributed by atoms with Gasteiger partial charge in [0, 0.05) is 4.90 Å². The predicted molar refractivity (Wildman–Crippen MR) is 107 cm³/mol. The van der Waals surface area contributed by atoms with Gasteiger partial charge in [0.1, 0.15) is 5.37 Å². The lowest BCUT2D eigenvalue weighted by atomic mass is 10.1. The number of fused-ring (bicyclic) bond motifs is 1. The van der Waals surface area contributed by atoms with Crippen molar-refractivity contribution in [3.05, 3.63) is 24.3 Å². The van der Waals surface area contributed by atoms with Gasteiger partial charge in [-0.05, 0) is 25.0 Å². The molecule has 144 valence electrons. The van der Waals surface area contributed by atoms with E-state index in [1.165, 1.54) is 11.8 Å². The Morgan fingerprint density at radius 2 is 1.81 bits per heavy atom. The van der Waals surface area contributed by atoms with Gasteiger partial charge in [0.2, 0.25) is 0 Å². The van der Waals surface area contributed by atoms with Gasteiger partial charge in [-0.25, -0.2) is 0 Å². The summed E-state index contributed by atoms with van der Waals surface area (Å²) in [6, 6.07) is 7.82. The molecule has 0 amide bonds. The van der Waals surface area contributed by atoms with E-state index >= 15 is 0 Å². The van der Waals surface area contributed by atoms with Crippen LogP contribution in [-0.4, -0.2) is 30.5 Å². The van der Waals surface area contributed by atoms with E-state index in [1.54, 1.807) is 4.31 Å². The van der Waals surface area contributed by atoms with Crippen molar-refractivity contribution in [1.82, 2.24) is 0 Å². The van der Waals surface area contributed by atoms with Gasteiger partial charge in [0.05, 0.1) is 31.2 Å². The van der Waals surface area contributed by atoms with Crippen LogP contribution in [0.1, 0.15) is 46.0 Å². The molecule has 1 unspecified atom stereocenters. The van der Waals surface area contributed by atoms with Crippen LogP contribution >= 0.6 is 24.6 Å². The molecule has 0 aromatic heterocycles. The Morgan fingerprint density at radius 1 is 1.15 bits per heavy atom. The van der Waals surface area contributed by atoms with Crippen LogP contribution in [-0.2, 0) is 19.1 Å². The molecule has 5 nitrogen and oxygen atoms in total. The number of thiol groups is 1. The number of esters is 2. The number of para-hydroxylation sites is 1. The van der Waals surface area contributed by atoms with E-state index in [1.807, 2.05) is 38.1 Å². The molecule has 0 spiro atoms. The van der Waals surface area contributed by atoms with Gasteiger partial charge in [0.15, 0.2) is 0 Å². The number of ether oxygens (including phenoxy) is 2. The van der Waals surface area contributed by atoms with Gasteiger partial charge in [-0.3, -0.25) is 9.59 Å². The fourth-order valence-electron chi connectivity index (χ4n) is 2.61. The van der Waals surface area contributed by atoms with E-state index in [4.69, 9.17) is 9.47 Å². The first-order chi connectivity index (χ1) is 12.6. The van der Waals surface area contributed by atoms with Crippen LogP contribution in [0.4, 0.5) is 5.69 Å². The van der Waals surface area contributed by atoms with Crippen LogP contribution in [0, 0.1) is 5.92 Å². The minimum absolute atomic E-state index is 0.00259. The molecule has 0 fully saturated rings. The Hall–Kier alpha value is -1.34. The van der Waals surface area contributed by atoms with Crippen molar-refractivity contribution in [3.63, 3.8) is 0 Å². The molecular weight excluding hydrogens is 370 g/mol. The topological polar surface area (TPSA) is 55.8 Å². The van der Waals surface area contributed by atoms with Crippen molar-refractivity contribution in [2.45, 2.75) is 56.2 Å². The molecule has 0 saturated heterocycles. The summed E-state index contributed by atoms with van der Waals surface area (Å²) in [6.45, 7) is 4.82. The number of hydrogen-bond acceptors (Lipinski definition) is 7. The van der Waals surface area contributed by atoms with Crippen molar-refractivity contribution < 1.29 is 19.1 Å². The second kappa shape index (κ2) is 10.7. The van der Waals surface area contributed by atoms with Crippen molar-refractivity contribution in [2.75, 3.05) is 17.5 Å². The maximum atomic E-state index is 12.7. The summed E-state index contributed by atoms with van der Waals surface area (Å²) in [7, 11) is 0. The lowest BCUT2D eigenvalue weighted by molar-refractivity contribution is -0.155. The number of carbonyl (C=O) groups is 2. The summed E-state index contributed by atoms with van der Waals surface area (Å²) >= 11 is 6.10. The molecule has 1 aliphatic rings. The SMILES string of the molecule is CCCCOC(=O)CC(C(=O)OCCCC)[C@@H]1Sc2ccccc2N1S. The Labute approximate surface area is 165 Å². The van der Waals surface area contributed by atoms with Gasteiger partial charge in [0.25, 0.3) is 0 Å². The van der Waals surface area contributed by atoms with Crippen LogP contribution < -0.4 is 4.31 Å². The Bertz CT molecular complexity index is 611. The molecule has 7 heteroatoms. The lowest BCUT2D eigenvalue weighted by Crippen LogP contribution is -2.37. The first kappa shape index (κ1) is 21.0. The lowest BCUT2D eigenvalue weighted by Gasteiger charge is -2.26. The highest BCUT2D eigenvalue weighted by atomic mass is 32.2. The smallest absolute Gasteiger partial charge is 0.312 e. The van der Waals surface area contributed by atoms with E-state index in [-0.39, 0.29) is 23.7 Å². The Kier molecular flexibility index (Phi) is 8.65. The van der Waals surface area contributed by atoms with Crippen molar-refractivity contribution in [1.29, 1.82) is 0 Å². The van der Waals surface area contributed by atoms with Crippen molar-refractivity contribution in [3.8, 4) is 0 Å². The van der Waals surface area contributed by atoms with Crippen LogP contribution in [0.25, 0.3) is 0 Å². The molecule has 1 aromatic carbocycles. The van der Waals surface area contributed by atoms with Crippen LogP contribution in [0.2, 0.25) is 0 Å². The van der Waals surface area contributed by atoms with Gasteiger partial charge in [-0.2, -0.15) is 0 Å². The molecule has 1 heterocycles. The molecule has 1 aromatic rings. The van der Waals surface area contributed by atoms with E-state index in [0.29, 0.717) is 13.2 Å². The first-order valence-corrected chi connectivity index (χ1v) is 10.4. The van der Waals surface area contributed by atoms with Crippen LogP contribution in [0.15, 0.2) is 29.2 Å². The third kappa shape index (κ3) is 5.58. The summed E-state index contributed by atoms with van der Waals surface area (Å²) < 4.78 is 12.4. The molecule has 1 aliphatic heterocycles. The van der Waals surface area contributed by atoms with E-state index in [2.05, 4.69) is 12.8 Å². The molecule has 0 N–H and O–H groups in total. The largest absolute Gasteiger partial charge is 0.466 e. The third-order valence-corrected chi connectivity index (χ3v) is 6.14. The highest BCUT2D eigenvalue weighted by Gasteiger charge is 2.40. The average Bonchev–Trinajstić information content (AvgIpc) is 2.97. The highest BCUT2D eigenvalue weighted by Crippen LogP contribution is 2.47. The Balaban J connectivity index is 2.08. The quantitative estimate of drug-likeness (QED) is 0.357. The normalized spacial score (nSPS) is 16.9. The summed E-state index contributed by atoms with van der Waals surface area (Å²) in [5.74, 6) is -1.36. The fraction of sp³-hybridized carbons (Fsp3) is 0.579. The molecule has 0 bridgehead atoms. The van der Waals surface area contributed by atoms with Crippen LogP contribution in [0.3, 0.4) is 0 Å². The number of anilines is 1. The molecule has 2 rings (SSSR count). The zero-order valence-electron chi connectivity index (χ0n) is 15.3. The third-order valence-electron chi connectivity index (χ3n) is 4.14. The van der Waals surface area contributed by atoms with Crippen LogP contribution in [0.5, 0.6) is 0 Å². The number of carbonyl (C=O) groups excluding carboxylic acids is 2. The van der Waals surface area contributed by atoms with E-state index < -0.39 is 5.92 Å². The highest BCUT2D eigenvalue weighted by molar-refractivity contribution is 8.01. The maximum Gasteiger partial charge on any atom is 0.312 e. The number of thioether (sulfide) groups is 1. The monoisotopic (exact) mass is 397 g/mol. The number of unbranched alkanes of at least 4 members (excludes halogenated alkanes) is 2. The summed E-state index contributed by atoms with van der Waals surface area (Å²) in [4.78, 5) is 25.9. The molecular formula is C19H27NO4S2. The van der Waals surface area contributed by atoms with Gasteiger partial charge >= 0.3 is 11.9 Å². The van der Waals surface area contributed by atoms with E-state index in [0.717, 1.165) is 36.3 Å². The second-order valence-corrected chi connectivity index (χ2v) is 7.82. The van der Waals surface area contributed by atoms with Crippen molar-refractivity contribution >= 4 is 42.2 Å². The minimum Gasteiger partial charge on any atom is -0.466 e.